The molecule has 0 saturated carbocycles. The summed E-state index contributed by atoms with van der Waals surface area (Å²) in [6.45, 7) is 20.9. The second-order valence-corrected chi connectivity index (χ2v) is 18.2. The zero-order valence-electron chi connectivity index (χ0n) is 36.8. The van der Waals surface area contributed by atoms with E-state index in [4.69, 9.17) is 28.4 Å². The van der Waals surface area contributed by atoms with Crippen molar-refractivity contribution < 1.29 is 58.7 Å². The van der Waals surface area contributed by atoms with Gasteiger partial charge in [0, 0.05) is 38.1 Å². The number of esters is 1. The quantitative estimate of drug-likeness (QED) is 0.105. The van der Waals surface area contributed by atoms with Gasteiger partial charge >= 0.3 is 5.97 Å². The lowest BCUT2D eigenvalue weighted by atomic mass is 9.75. The van der Waals surface area contributed by atoms with Crippen LogP contribution in [0.1, 0.15) is 108 Å². The average Bonchev–Trinajstić information content (AvgIpc) is 3.12. The molecular weight excluding hydrogens is 726 g/mol. The third kappa shape index (κ3) is 11.0. The molecule has 3 aliphatic rings. The molecule has 18 atom stereocenters. The van der Waals surface area contributed by atoms with E-state index < -0.39 is 95.5 Å². The van der Waals surface area contributed by atoms with Gasteiger partial charge in [0.15, 0.2) is 12.6 Å². The zero-order valence-corrected chi connectivity index (χ0v) is 36.8. The maximum absolute atomic E-state index is 14.5. The number of nitrogens with zero attached hydrogens (tertiary/aromatic N) is 1. The van der Waals surface area contributed by atoms with Crippen LogP contribution in [0.25, 0.3) is 0 Å². The van der Waals surface area contributed by atoms with Gasteiger partial charge in [-0.25, -0.2) is 0 Å². The lowest BCUT2D eigenvalue weighted by Crippen LogP contribution is -2.70. The first-order valence-electron chi connectivity index (χ1n) is 20.9. The van der Waals surface area contributed by atoms with Crippen LogP contribution in [0.2, 0.25) is 0 Å². The van der Waals surface area contributed by atoms with Crippen LogP contribution in [0.3, 0.4) is 0 Å². The van der Waals surface area contributed by atoms with Crippen molar-refractivity contribution >= 4 is 5.97 Å². The molecule has 0 aliphatic carbocycles. The Hall–Kier alpha value is -1.05. The number of carbonyl (C=O) groups is 1. The molecule has 7 N–H and O–H groups in total. The molecule has 15 heteroatoms. The van der Waals surface area contributed by atoms with Gasteiger partial charge in [-0.2, -0.15) is 0 Å². The van der Waals surface area contributed by atoms with Gasteiger partial charge in [0.05, 0.1) is 42.0 Å². The molecule has 330 valence electrons. The number of rotatable bonds is 13. The second-order valence-electron chi connectivity index (χ2n) is 18.2. The Bertz CT molecular complexity index is 1230. The first-order chi connectivity index (χ1) is 25.9. The third-order valence-corrected chi connectivity index (χ3v) is 13.0. The Morgan fingerprint density at radius 2 is 1.70 bits per heavy atom. The van der Waals surface area contributed by atoms with Crippen LogP contribution in [-0.4, -0.2) is 167 Å². The van der Waals surface area contributed by atoms with Gasteiger partial charge in [-0.1, -0.05) is 27.7 Å². The Balaban J connectivity index is 2.16. The topological polar surface area (TPSA) is 201 Å². The van der Waals surface area contributed by atoms with E-state index in [9.17, 15) is 30.3 Å². The van der Waals surface area contributed by atoms with Crippen molar-refractivity contribution in [2.24, 2.45) is 17.8 Å². The van der Waals surface area contributed by atoms with E-state index in [0.29, 0.717) is 19.5 Å². The average molecular weight is 806 g/mol. The largest absolute Gasteiger partial charge is 0.457 e. The summed E-state index contributed by atoms with van der Waals surface area (Å²) in [5, 5.41) is 65.4. The fourth-order valence-corrected chi connectivity index (χ4v) is 9.21. The van der Waals surface area contributed by atoms with Crippen LogP contribution in [-0.2, 0) is 33.2 Å². The molecule has 56 heavy (non-hydrogen) atoms. The van der Waals surface area contributed by atoms with Crippen LogP contribution in [0.15, 0.2) is 0 Å². The molecule has 0 spiro atoms. The predicted octanol–water partition coefficient (Wildman–Crippen LogP) is 1.93. The van der Waals surface area contributed by atoms with Crippen LogP contribution >= 0.6 is 0 Å². The SMILES string of the molecule is CCCNC[C@]1(O)[C@H](C)O[C@@H](O[C@H]2[C@H](C)[C@@H](O[C@@H]3O[C@H](C)C[C@H](N(C)C)[C@H]3O)[C@](C)(O)C[C@@H](C)CN[C@@H](C)[C@@H]([C@](C)(O)[C@H](O)CC)OC(=O)[C@@H]2C)C[C@@]1(C)OC. The monoisotopic (exact) mass is 806 g/mol. The number of aliphatic hydroxyl groups is 5. The van der Waals surface area contributed by atoms with Crippen LogP contribution in [0, 0.1) is 17.8 Å². The van der Waals surface area contributed by atoms with Gasteiger partial charge in [-0.15, -0.1) is 0 Å². The highest BCUT2D eigenvalue weighted by atomic mass is 16.7. The van der Waals surface area contributed by atoms with Gasteiger partial charge in [0.2, 0.25) is 0 Å². The maximum atomic E-state index is 14.5. The summed E-state index contributed by atoms with van der Waals surface area (Å²) < 4.78 is 38.4. The van der Waals surface area contributed by atoms with Gasteiger partial charge in [0.1, 0.15) is 29.0 Å². The Morgan fingerprint density at radius 3 is 2.27 bits per heavy atom. The van der Waals surface area contributed by atoms with Crippen molar-refractivity contribution in [3.05, 3.63) is 0 Å². The Labute approximate surface area is 336 Å². The molecule has 0 radical (unpaired) electrons. The van der Waals surface area contributed by atoms with E-state index in [1.54, 1.807) is 34.6 Å². The van der Waals surface area contributed by atoms with Crippen molar-refractivity contribution in [2.45, 2.75) is 198 Å². The molecular formula is C41H79N3O12. The third-order valence-electron chi connectivity index (χ3n) is 13.0. The maximum Gasteiger partial charge on any atom is 0.311 e. The predicted molar refractivity (Wildman–Crippen MR) is 212 cm³/mol. The number of methoxy groups -OCH3 is 1. The minimum absolute atomic E-state index is 0.0928. The van der Waals surface area contributed by atoms with Crippen molar-refractivity contribution in [1.82, 2.24) is 15.5 Å². The lowest BCUT2D eigenvalue weighted by molar-refractivity contribution is -0.336. The number of nitrogens with one attached hydrogen (secondary N) is 2. The molecule has 0 amide bonds. The zero-order chi connectivity index (χ0) is 42.6. The molecule has 0 unspecified atom stereocenters. The van der Waals surface area contributed by atoms with Crippen molar-refractivity contribution in [1.29, 1.82) is 0 Å². The van der Waals surface area contributed by atoms with E-state index in [1.165, 1.54) is 14.0 Å². The molecule has 3 fully saturated rings. The molecule has 0 bridgehead atoms. The van der Waals surface area contributed by atoms with Crippen molar-refractivity contribution in [3.8, 4) is 0 Å². The molecule has 3 saturated heterocycles. The highest BCUT2D eigenvalue weighted by Crippen LogP contribution is 2.43. The highest BCUT2D eigenvalue weighted by molar-refractivity contribution is 5.73. The first-order valence-corrected chi connectivity index (χ1v) is 20.9. The van der Waals surface area contributed by atoms with Gasteiger partial charge in [0.25, 0.3) is 0 Å². The number of aliphatic hydroxyl groups excluding tert-OH is 2. The summed E-state index contributed by atoms with van der Waals surface area (Å²) in [4.78, 5) is 16.4. The lowest BCUT2D eigenvalue weighted by Gasteiger charge is -2.53. The van der Waals surface area contributed by atoms with Gasteiger partial charge in [-0.3, -0.25) is 4.79 Å². The summed E-state index contributed by atoms with van der Waals surface area (Å²) in [7, 11) is 5.31. The van der Waals surface area contributed by atoms with E-state index in [1.807, 2.05) is 53.6 Å². The minimum Gasteiger partial charge on any atom is -0.457 e. The fourth-order valence-electron chi connectivity index (χ4n) is 9.21. The van der Waals surface area contributed by atoms with E-state index >= 15 is 0 Å². The number of cyclic esters (lactones) is 1. The normalized spacial score (nSPS) is 45.2. The summed E-state index contributed by atoms with van der Waals surface area (Å²) in [6.07, 6.45) is -6.62. The Morgan fingerprint density at radius 1 is 1.05 bits per heavy atom. The number of hydrogen-bond donors (Lipinski definition) is 7. The van der Waals surface area contributed by atoms with Gasteiger partial charge in [-0.05, 0) is 107 Å². The van der Waals surface area contributed by atoms with Crippen LogP contribution < -0.4 is 10.6 Å². The number of hydrogen-bond acceptors (Lipinski definition) is 15. The minimum atomic E-state index is -1.81. The Kier molecular flexibility index (Phi) is 17.6. The molecule has 0 aromatic rings. The van der Waals surface area contributed by atoms with Crippen LogP contribution in [0.5, 0.6) is 0 Å². The molecule has 15 nitrogen and oxygen atoms in total. The summed E-state index contributed by atoms with van der Waals surface area (Å²) in [6, 6.07) is -0.875. The fraction of sp³-hybridized carbons (Fsp3) is 0.976. The summed E-state index contributed by atoms with van der Waals surface area (Å²) in [5.41, 5.74) is -5.93. The second kappa shape index (κ2) is 20.0. The van der Waals surface area contributed by atoms with E-state index in [-0.39, 0.29) is 43.9 Å². The molecule has 3 heterocycles. The highest BCUT2D eigenvalue weighted by Gasteiger charge is 2.58. The smallest absolute Gasteiger partial charge is 0.311 e. The van der Waals surface area contributed by atoms with Crippen molar-refractivity contribution in [3.63, 3.8) is 0 Å². The first kappa shape index (κ1) is 49.3. The van der Waals surface area contributed by atoms with Crippen molar-refractivity contribution in [2.75, 3.05) is 40.8 Å². The standard InChI is InChI=1S/C41H79N3O12/c1-15-17-42-22-41(50)28(8)53-31(20-39(41,10)51-14)54-33-25(5)34(56-37-32(46)29(44(12)13)18-24(4)52-37)38(9,48)19-23(3)21-43-27(7)35(55-36(47)26(33)6)40(11,49)30(45)16-2/h23-35,37,42-43,45-46,48-50H,15-22H2,1-14H3/t23-,24-,25+,26-,27+,28+,29+,30-,31+,32-,33+,34-,35+,37+,38-,39-,40-,41+/m1/s1. The number of carbonyl (C=O) groups excluding carboxylic acids is 1. The molecule has 0 aromatic carbocycles. The van der Waals surface area contributed by atoms with Gasteiger partial charge < -0.3 is 69.5 Å². The molecule has 3 aliphatic heterocycles. The van der Waals surface area contributed by atoms with E-state index in [2.05, 4.69) is 10.6 Å². The summed E-state index contributed by atoms with van der Waals surface area (Å²) >= 11 is 0. The molecule has 3 rings (SSSR count). The van der Waals surface area contributed by atoms with Crippen LogP contribution in [0.4, 0.5) is 0 Å². The number of likely N-dealkylation sites (N-methyl/N-ethyl adjacent to an activating group) is 1. The van der Waals surface area contributed by atoms with E-state index in [0.717, 1.165) is 6.42 Å². The molecule has 0 aromatic heterocycles. The number of ether oxygens (including phenoxy) is 6. The summed E-state index contributed by atoms with van der Waals surface area (Å²) in [5.74, 6) is -2.67.